The van der Waals surface area contributed by atoms with Gasteiger partial charge in [0.1, 0.15) is 0 Å². The summed E-state index contributed by atoms with van der Waals surface area (Å²) in [5, 5.41) is 9.67. The number of carbonyl (C=O) groups excluding carboxylic acids is 1. The van der Waals surface area contributed by atoms with E-state index in [1.165, 1.54) is 12.1 Å². The Labute approximate surface area is 262 Å². The van der Waals surface area contributed by atoms with E-state index >= 15 is 0 Å². The van der Waals surface area contributed by atoms with E-state index in [1.54, 1.807) is 60.7 Å². The second-order valence-electron chi connectivity index (χ2n) is 10.9. The lowest BCUT2D eigenvalue weighted by Crippen LogP contribution is -2.66. The molecule has 1 aliphatic carbocycles. The fourth-order valence-corrected chi connectivity index (χ4v) is 7.98. The summed E-state index contributed by atoms with van der Waals surface area (Å²) in [6.07, 6.45) is -31.6. The van der Waals surface area contributed by atoms with E-state index < -0.39 is 95.9 Å². The largest absolute Gasteiger partial charge is 0.437 e. The number of carbonyl (C=O) groups is 1. The molecule has 0 radical (unpaired) electrons. The summed E-state index contributed by atoms with van der Waals surface area (Å²) in [5.74, 6) is -7.69. The molecule has 3 aromatic carbocycles. The first-order valence-corrected chi connectivity index (χ1v) is 15.0. The van der Waals surface area contributed by atoms with Gasteiger partial charge in [-0.2, -0.15) is 52.7 Å². The van der Waals surface area contributed by atoms with E-state index in [4.69, 9.17) is 0 Å². The molecule has 47 heavy (non-hydrogen) atoms. The molecule has 1 fully saturated rings. The lowest BCUT2D eigenvalue weighted by molar-refractivity contribution is -0.397. The Kier molecular flexibility index (Phi) is 10.00. The lowest BCUT2D eigenvalue weighted by atomic mass is 9.67. The molecule has 16 heteroatoms. The van der Waals surface area contributed by atoms with Crippen molar-refractivity contribution >= 4 is 16.9 Å². The van der Waals surface area contributed by atoms with Crippen LogP contribution in [0.25, 0.3) is 0 Å². The number of hydrogen-bond donors (Lipinski definition) is 1. The highest BCUT2D eigenvalue weighted by atomic mass is 32.2. The maximum absolute atomic E-state index is 14.5. The number of rotatable bonds is 7. The summed E-state index contributed by atoms with van der Waals surface area (Å²) in [6, 6.07) is 21.9. The Morgan fingerprint density at radius 3 is 1.38 bits per heavy atom. The predicted molar refractivity (Wildman–Crippen MR) is 144 cm³/mol. The highest BCUT2D eigenvalue weighted by Gasteiger charge is 2.79. The fraction of sp³-hybridized carbons (Fsp3) is 0.387. The summed E-state index contributed by atoms with van der Waals surface area (Å²) in [4.78, 5) is 14.9. The van der Waals surface area contributed by atoms with Gasteiger partial charge in [-0.05, 0) is 62.1 Å². The van der Waals surface area contributed by atoms with Crippen molar-refractivity contribution in [2.24, 2.45) is 11.8 Å². The Morgan fingerprint density at radius 1 is 0.574 bits per heavy atom. The Morgan fingerprint density at radius 2 is 0.979 bits per heavy atom. The van der Waals surface area contributed by atoms with E-state index in [0.717, 1.165) is 12.1 Å². The maximum atomic E-state index is 14.5. The number of alkyl halides is 12. The van der Waals surface area contributed by atoms with Crippen molar-refractivity contribution in [3.05, 3.63) is 90.5 Å². The van der Waals surface area contributed by atoms with Crippen molar-refractivity contribution in [1.82, 2.24) is 0 Å². The Balaban J connectivity index is 1.71. The molecule has 3 nitrogen and oxygen atoms in total. The normalized spacial score (nSPS) is 18.7. The van der Waals surface area contributed by atoms with Crippen molar-refractivity contribution < 1.29 is 67.3 Å². The third-order valence-electron chi connectivity index (χ3n) is 8.12. The van der Waals surface area contributed by atoms with E-state index in [-0.39, 0.29) is 0 Å². The summed E-state index contributed by atoms with van der Waals surface area (Å²) in [7, 11) is -0.990. The fourth-order valence-electron chi connectivity index (χ4n) is 5.84. The van der Waals surface area contributed by atoms with Crippen LogP contribution in [0.5, 0.6) is 0 Å². The van der Waals surface area contributed by atoms with Gasteiger partial charge in [-0.25, -0.2) is 4.79 Å². The summed E-state index contributed by atoms with van der Waals surface area (Å²) in [5.41, 5.74) is -11.4. The van der Waals surface area contributed by atoms with Crippen LogP contribution in [-0.2, 0) is 15.6 Å². The van der Waals surface area contributed by atoms with Gasteiger partial charge >= 0.3 is 36.3 Å². The first kappa shape index (κ1) is 36.4. The number of ether oxygens (including phenoxy) is 1. The SMILES string of the molecule is O=C(OC(C1CCC(C(O)(C(F)(F)F)C(F)(F)F)CC1)(C(F)(F)F)C(F)(F)F)c1cccc([S+](c2ccccc2)c2ccccc2)c1. The van der Waals surface area contributed by atoms with Crippen molar-refractivity contribution in [3.63, 3.8) is 0 Å². The first-order valence-electron chi connectivity index (χ1n) is 13.8. The molecule has 0 spiro atoms. The summed E-state index contributed by atoms with van der Waals surface area (Å²) < 4.78 is 171. The van der Waals surface area contributed by atoms with Crippen LogP contribution in [-0.4, -0.2) is 47.0 Å². The molecule has 1 N–H and O–H groups in total. The van der Waals surface area contributed by atoms with Crippen LogP contribution in [0.15, 0.2) is 99.6 Å². The number of benzene rings is 3. The predicted octanol–water partition coefficient (Wildman–Crippen LogP) is 9.46. The topological polar surface area (TPSA) is 46.5 Å². The molecule has 3 aromatic rings. The zero-order chi connectivity index (χ0) is 35.1. The van der Waals surface area contributed by atoms with E-state index in [2.05, 4.69) is 4.74 Å². The summed E-state index contributed by atoms with van der Waals surface area (Å²) >= 11 is 0. The third-order valence-corrected chi connectivity index (χ3v) is 10.3. The second kappa shape index (κ2) is 12.9. The lowest BCUT2D eigenvalue weighted by Gasteiger charge is -2.47. The van der Waals surface area contributed by atoms with Crippen LogP contribution in [0.1, 0.15) is 36.0 Å². The molecule has 0 saturated heterocycles. The summed E-state index contributed by atoms with van der Waals surface area (Å²) in [6.45, 7) is 0. The minimum absolute atomic E-state index is 0.320. The molecule has 0 amide bonds. The quantitative estimate of drug-likeness (QED) is 0.151. The number of hydrogen-bond acceptors (Lipinski definition) is 3. The van der Waals surface area contributed by atoms with Crippen LogP contribution in [0.2, 0.25) is 0 Å². The maximum Gasteiger partial charge on any atom is 0.437 e. The molecule has 0 atom stereocenters. The van der Waals surface area contributed by atoms with Crippen molar-refractivity contribution in [2.75, 3.05) is 0 Å². The smallest absolute Gasteiger partial charge is 0.435 e. The molecule has 0 aliphatic heterocycles. The Hall–Kier alpha value is -3.40. The van der Waals surface area contributed by atoms with Crippen LogP contribution in [0, 0.1) is 11.8 Å². The standard InChI is InChI=1S/C31H25F12O3S/c32-28(33,34)26(45,29(35,36)37)20-14-16-21(17-15-20)27(30(38,39)40,31(41,42)43)46-25(44)19-8-7-13-24(18-19)47(22-9-3-1-4-10-22)23-11-5-2-6-12-23/h1-13,18,20-21,45H,14-17H2/q+1. The molecular formula is C31H25F12O3S+. The van der Waals surface area contributed by atoms with Crippen molar-refractivity contribution in [2.45, 2.75) is 76.3 Å². The highest BCUT2D eigenvalue weighted by molar-refractivity contribution is 7.97. The van der Waals surface area contributed by atoms with Crippen LogP contribution < -0.4 is 0 Å². The van der Waals surface area contributed by atoms with Crippen LogP contribution in [0.3, 0.4) is 0 Å². The molecule has 1 saturated carbocycles. The number of esters is 1. The van der Waals surface area contributed by atoms with E-state index in [1.807, 2.05) is 0 Å². The average Bonchev–Trinajstić information content (AvgIpc) is 2.98. The van der Waals surface area contributed by atoms with Gasteiger partial charge in [-0.15, -0.1) is 0 Å². The molecule has 0 unspecified atom stereocenters. The van der Waals surface area contributed by atoms with Gasteiger partial charge in [-0.3, -0.25) is 0 Å². The van der Waals surface area contributed by atoms with Crippen molar-refractivity contribution in [1.29, 1.82) is 0 Å². The monoisotopic (exact) mass is 705 g/mol. The van der Waals surface area contributed by atoms with E-state index in [0.29, 0.717) is 14.7 Å². The van der Waals surface area contributed by atoms with Crippen LogP contribution >= 0.6 is 0 Å². The molecule has 0 heterocycles. The number of halogens is 12. The minimum atomic E-state index is -6.39. The molecule has 1 aliphatic rings. The zero-order valence-corrected chi connectivity index (χ0v) is 24.6. The third kappa shape index (κ3) is 6.80. The van der Waals surface area contributed by atoms with Crippen LogP contribution in [0.4, 0.5) is 52.7 Å². The number of aliphatic hydroxyl groups is 1. The average molecular weight is 706 g/mol. The van der Waals surface area contributed by atoms with Crippen molar-refractivity contribution in [3.8, 4) is 0 Å². The zero-order valence-electron chi connectivity index (χ0n) is 23.8. The first-order chi connectivity index (χ1) is 21.6. The molecule has 4 rings (SSSR count). The van der Waals surface area contributed by atoms with Gasteiger partial charge in [-0.1, -0.05) is 42.5 Å². The van der Waals surface area contributed by atoms with Gasteiger partial charge in [0.2, 0.25) is 0 Å². The second-order valence-corrected chi connectivity index (χ2v) is 12.9. The van der Waals surface area contributed by atoms with Gasteiger partial charge < -0.3 is 9.84 Å². The van der Waals surface area contributed by atoms with Gasteiger partial charge in [0, 0.05) is 17.9 Å². The molecular weight excluding hydrogens is 680 g/mol. The van der Waals surface area contributed by atoms with Gasteiger partial charge in [0.15, 0.2) is 14.7 Å². The van der Waals surface area contributed by atoms with Gasteiger partial charge in [0.05, 0.1) is 16.5 Å². The Bertz CT molecular complexity index is 1440. The van der Waals surface area contributed by atoms with Gasteiger partial charge in [0.25, 0.3) is 5.60 Å². The molecule has 0 aromatic heterocycles. The molecule has 256 valence electrons. The molecule has 0 bridgehead atoms. The minimum Gasteiger partial charge on any atom is -0.435 e. The van der Waals surface area contributed by atoms with E-state index in [9.17, 15) is 62.6 Å². The highest BCUT2D eigenvalue weighted by Crippen LogP contribution is 2.58.